The number of likely N-dealkylation sites (N-methyl/N-ethyl adjacent to an activating group) is 1. The molecule has 29 heavy (non-hydrogen) atoms. The number of ether oxygens (including phenoxy) is 2. The lowest BCUT2D eigenvalue weighted by molar-refractivity contribution is -0.170. The quantitative estimate of drug-likeness (QED) is 0.802. The van der Waals surface area contributed by atoms with E-state index in [0.29, 0.717) is 6.54 Å². The smallest absolute Gasteiger partial charge is 0.254 e. The molecule has 2 aliphatic rings. The molecule has 1 N–H and O–H groups in total. The Morgan fingerprint density at radius 2 is 2.07 bits per heavy atom. The van der Waals surface area contributed by atoms with E-state index in [1.54, 1.807) is 25.3 Å². The van der Waals surface area contributed by atoms with E-state index in [1.165, 1.54) is 0 Å². The van der Waals surface area contributed by atoms with E-state index in [-0.39, 0.29) is 24.5 Å². The molecular formula is C21H26N4O4. The normalized spacial score (nSPS) is 21.9. The fraction of sp³-hybridized carbons (Fsp3) is 0.476. The van der Waals surface area contributed by atoms with Crippen molar-refractivity contribution in [2.75, 3.05) is 20.8 Å². The molecule has 1 saturated carbocycles. The van der Waals surface area contributed by atoms with Crippen LogP contribution in [0.15, 0.2) is 30.5 Å². The van der Waals surface area contributed by atoms with Crippen molar-refractivity contribution in [3.63, 3.8) is 0 Å². The number of rotatable bonds is 6. The summed E-state index contributed by atoms with van der Waals surface area (Å²) in [5.41, 5.74) is 2.75. The van der Waals surface area contributed by atoms with Gasteiger partial charge in [0.15, 0.2) is 6.10 Å². The second-order valence-corrected chi connectivity index (χ2v) is 7.70. The zero-order valence-electron chi connectivity index (χ0n) is 16.9. The third-order valence-electron chi connectivity index (χ3n) is 5.62. The number of carbonyl (C=O) groups is 2. The first-order valence-electron chi connectivity index (χ1n) is 9.80. The summed E-state index contributed by atoms with van der Waals surface area (Å²) >= 11 is 0. The SMILES string of the molecule is COc1ccc([C@@H]2[C@@H](C(=O)N(C)Cc3cn[nH]c3C)OCC(=O)N2C2CC2)cc1. The highest BCUT2D eigenvalue weighted by molar-refractivity contribution is 5.86. The Balaban J connectivity index is 1.62. The minimum Gasteiger partial charge on any atom is -0.497 e. The van der Waals surface area contributed by atoms with E-state index >= 15 is 0 Å². The monoisotopic (exact) mass is 398 g/mol. The molecule has 2 atom stereocenters. The van der Waals surface area contributed by atoms with E-state index < -0.39 is 12.1 Å². The fourth-order valence-electron chi connectivity index (χ4n) is 3.84. The number of morpholine rings is 1. The summed E-state index contributed by atoms with van der Waals surface area (Å²) < 4.78 is 11.1. The van der Waals surface area contributed by atoms with Crippen molar-refractivity contribution in [1.29, 1.82) is 0 Å². The van der Waals surface area contributed by atoms with Crippen molar-refractivity contribution in [3.8, 4) is 5.75 Å². The van der Waals surface area contributed by atoms with Crippen LogP contribution in [-0.2, 0) is 20.9 Å². The molecule has 1 aromatic heterocycles. The highest BCUT2D eigenvalue weighted by Crippen LogP contribution is 2.40. The molecule has 1 aliphatic heterocycles. The second kappa shape index (κ2) is 7.87. The molecule has 8 nitrogen and oxygen atoms in total. The average Bonchev–Trinajstić information content (AvgIpc) is 3.49. The lowest BCUT2D eigenvalue weighted by atomic mass is 9.96. The number of nitrogens with zero attached hydrogens (tertiary/aromatic N) is 3. The maximum atomic E-state index is 13.3. The molecule has 2 aromatic rings. The number of methoxy groups -OCH3 is 1. The molecule has 1 aromatic carbocycles. The second-order valence-electron chi connectivity index (χ2n) is 7.70. The first-order chi connectivity index (χ1) is 14.0. The molecular weight excluding hydrogens is 372 g/mol. The number of aromatic nitrogens is 2. The lowest BCUT2D eigenvalue weighted by Gasteiger charge is -2.42. The molecule has 0 spiro atoms. The highest BCUT2D eigenvalue weighted by atomic mass is 16.5. The minimum absolute atomic E-state index is 0.0642. The van der Waals surface area contributed by atoms with Crippen molar-refractivity contribution in [2.24, 2.45) is 0 Å². The Morgan fingerprint density at radius 3 is 2.66 bits per heavy atom. The summed E-state index contributed by atoms with van der Waals surface area (Å²) in [6.45, 7) is 2.28. The number of H-pyrrole nitrogens is 1. The molecule has 1 aliphatic carbocycles. The van der Waals surface area contributed by atoms with E-state index in [4.69, 9.17) is 9.47 Å². The molecule has 0 bridgehead atoms. The first-order valence-corrected chi connectivity index (χ1v) is 9.80. The Kier molecular flexibility index (Phi) is 5.27. The van der Waals surface area contributed by atoms with E-state index in [1.807, 2.05) is 36.1 Å². The number of aryl methyl sites for hydroxylation is 1. The van der Waals surface area contributed by atoms with Crippen LogP contribution >= 0.6 is 0 Å². The van der Waals surface area contributed by atoms with Crippen LogP contribution in [0.1, 0.15) is 35.7 Å². The van der Waals surface area contributed by atoms with Crippen LogP contribution in [0, 0.1) is 6.92 Å². The van der Waals surface area contributed by atoms with Gasteiger partial charge in [-0.1, -0.05) is 12.1 Å². The predicted molar refractivity (Wildman–Crippen MR) is 105 cm³/mol. The van der Waals surface area contributed by atoms with Gasteiger partial charge in [-0.15, -0.1) is 0 Å². The molecule has 2 fully saturated rings. The van der Waals surface area contributed by atoms with Crippen LogP contribution in [0.4, 0.5) is 0 Å². The maximum Gasteiger partial charge on any atom is 0.254 e. The van der Waals surface area contributed by atoms with Crippen molar-refractivity contribution < 1.29 is 19.1 Å². The summed E-state index contributed by atoms with van der Waals surface area (Å²) in [4.78, 5) is 29.5. The van der Waals surface area contributed by atoms with Crippen molar-refractivity contribution >= 4 is 11.8 Å². The number of nitrogens with one attached hydrogen (secondary N) is 1. The van der Waals surface area contributed by atoms with E-state index in [2.05, 4.69) is 10.2 Å². The number of hydrogen-bond donors (Lipinski definition) is 1. The largest absolute Gasteiger partial charge is 0.497 e. The van der Waals surface area contributed by atoms with Gasteiger partial charge in [0, 0.05) is 30.9 Å². The van der Waals surface area contributed by atoms with Gasteiger partial charge in [-0.2, -0.15) is 5.10 Å². The van der Waals surface area contributed by atoms with E-state index in [9.17, 15) is 9.59 Å². The molecule has 1 saturated heterocycles. The Labute approximate surface area is 169 Å². The first kappa shape index (κ1) is 19.4. The van der Waals surface area contributed by atoms with Crippen LogP contribution in [0.25, 0.3) is 0 Å². The minimum atomic E-state index is -0.751. The third-order valence-corrected chi connectivity index (χ3v) is 5.62. The molecule has 154 valence electrons. The molecule has 4 rings (SSSR count). The molecule has 2 heterocycles. The molecule has 0 radical (unpaired) electrons. The summed E-state index contributed by atoms with van der Waals surface area (Å²) in [5, 5.41) is 6.91. The molecule has 0 unspecified atom stereocenters. The summed E-state index contributed by atoms with van der Waals surface area (Å²) in [6, 6.07) is 7.23. The topological polar surface area (TPSA) is 87.8 Å². The van der Waals surface area contributed by atoms with Crippen LogP contribution in [0.2, 0.25) is 0 Å². The Morgan fingerprint density at radius 1 is 1.34 bits per heavy atom. The van der Waals surface area contributed by atoms with Gasteiger partial charge >= 0.3 is 0 Å². The van der Waals surface area contributed by atoms with Gasteiger partial charge in [0.2, 0.25) is 5.91 Å². The van der Waals surface area contributed by atoms with Gasteiger partial charge in [-0.3, -0.25) is 14.7 Å². The number of amides is 2. The molecule has 8 heteroatoms. The zero-order chi connectivity index (χ0) is 20.5. The number of benzene rings is 1. The van der Waals surface area contributed by atoms with Crippen molar-refractivity contribution in [1.82, 2.24) is 20.0 Å². The number of carbonyl (C=O) groups excluding carboxylic acids is 2. The number of aromatic amines is 1. The van der Waals surface area contributed by atoms with Crippen LogP contribution < -0.4 is 4.74 Å². The van der Waals surface area contributed by atoms with E-state index in [0.717, 1.165) is 35.4 Å². The van der Waals surface area contributed by atoms with Crippen molar-refractivity contribution in [3.05, 3.63) is 47.3 Å². The summed E-state index contributed by atoms with van der Waals surface area (Å²) in [6.07, 6.45) is 2.90. The predicted octanol–water partition coefficient (Wildman–Crippen LogP) is 1.82. The zero-order valence-corrected chi connectivity index (χ0v) is 16.9. The van der Waals surface area contributed by atoms with Gasteiger partial charge in [0.1, 0.15) is 12.4 Å². The van der Waals surface area contributed by atoms with Gasteiger partial charge in [-0.05, 0) is 37.5 Å². The summed E-state index contributed by atoms with van der Waals surface area (Å²) in [5.74, 6) is 0.514. The van der Waals surface area contributed by atoms with Gasteiger partial charge in [-0.25, -0.2) is 0 Å². The lowest BCUT2D eigenvalue weighted by Crippen LogP contribution is -2.55. The van der Waals surface area contributed by atoms with Crippen molar-refractivity contribution in [2.45, 2.75) is 44.5 Å². The van der Waals surface area contributed by atoms with Crippen LogP contribution in [-0.4, -0.2) is 64.7 Å². The number of hydrogen-bond acceptors (Lipinski definition) is 5. The summed E-state index contributed by atoms with van der Waals surface area (Å²) in [7, 11) is 3.36. The van der Waals surface area contributed by atoms with Crippen LogP contribution in [0.3, 0.4) is 0 Å². The third kappa shape index (κ3) is 3.85. The Hall–Kier alpha value is -2.87. The Bertz CT molecular complexity index is 890. The van der Waals surface area contributed by atoms with Crippen LogP contribution in [0.5, 0.6) is 5.75 Å². The van der Waals surface area contributed by atoms with Gasteiger partial charge in [0.05, 0.1) is 19.3 Å². The average molecular weight is 398 g/mol. The van der Waals surface area contributed by atoms with Gasteiger partial charge in [0.25, 0.3) is 5.91 Å². The highest BCUT2D eigenvalue weighted by Gasteiger charge is 2.48. The maximum absolute atomic E-state index is 13.3. The molecule has 2 amide bonds. The standard InChI is InChI=1S/C21H26N4O4/c1-13-15(10-22-23-13)11-24(2)21(27)20-19(14-4-8-17(28-3)9-5-14)25(16-6-7-16)18(26)12-29-20/h4-5,8-10,16,19-20H,6-7,11-12H2,1-3H3,(H,22,23)/t19-,20+/m1/s1. The van der Waals surface area contributed by atoms with Gasteiger partial charge < -0.3 is 19.3 Å². The fourth-order valence-corrected chi connectivity index (χ4v) is 3.84.